The molecule has 0 amide bonds. The summed E-state index contributed by atoms with van der Waals surface area (Å²) in [6.07, 6.45) is 7.91. The second-order valence-corrected chi connectivity index (χ2v) is 6.31. The number of likely N-dealkylation sites (tertiary alicyclic amines) is 1. The van der Waals surface area contributed by atoms with Crippen LogP contribution >= 0.6 is 0 Å². The first-order valence-corrected chi connectivity index (χ1v) is 6.77. The van der Waals surface area contributed by atoms with Crippen molar-refractivity contribution in [3.05, 3.63) is 0 Å². The van der Waals surface area contributed by atoms with Crippen LogP contribution in [0.2, 0.25) is 0 Å². The largest absolute Gasteiger partial charge is 0.389 e. The van der Waals surface area contributed by atoms with Gasteiger partial charge in [-0.15, -0.1) is 0 Å². The van der Waals surface area contributed by atoms with Crippen LogP contribution in [0.4, 0.5) is 0 Å². The van der Waals surface area contributed by atoms with Gasteiger partial charge in [-0.1, -0.05) is 19.3 Å². The maximum absolute atomic E-state index is 10.4. The molecule has 3 aliphatic rings. The molecule has 16 heavy (non-hydrogen) atoms. The van der Waals surface area contributed by atoms with Gasteiger partial charge in [0.25, 0.3) is 0 Å². The third-order valence-corrected chi connectivity index (χ3v) is 4.63. The normalized spacial score (nSPS) is 33.4. The Bertz CT molecular complexity index is 263. The van der Waals surface area contributed by atoms with E-state index in [1.807, 2.05) is 0 Å². The van der Waals surface area contributed by atoms with E-state index >= 15 is 0 Å². The fourth-order valence-electron chi connectivity index (χ4n) is 3.50. The molecule has 0 aromatic heterocycles. The van der Waals surface area contributed by atoms with Gasteiger partial charge in [-0.2, -0.15) is 0 Å². The topological polar surface area (TPSA) is 43.7 Å². The molecule has 1 saturated heterocycles. The molecule has 3 fully saturated rings. The molecule has 3 heteroatoms. The molecule has 0 unspecified atom stereocenters. The number of nitrogens with zero attached hydrogens (tertiary/aromatic N) is 1. The summed E-state index contributed by atoms with van der Waals surface area (Å²) < 4.78 is 0. The molecule has 0 bridgehead atoms. The molecule has 1 heterocycles. The molecule has 0 aromatic carbocycles. The number of aliphatic hydroxyl groups is 2. The number of rotatable bonds is 3. The Balaban J connectivity index is 1.49. The van der Waals surface area contributed by atoms with Crippen LogP contribution in [0.3, 0.4) is 0 Å². The second-order valence-electron chi connectivity index (χ2n) is 6.31. The van der Waals surface area contributed by atoms with Gasteiger partial charge in [-0.05, 0) is 31.6 Å². The van der Waals surface area contributed by atoms with E-state index in [1.165, 1.54) is 19.3 Å². The Labute approximate surface area is 97.4 Å². The highest BCUT2D eigenvalue weighted by Gasteiger charge is 2.52. The maximum atomic E-state index is 10.4. The summed E-state index contributed by atoms with van der Waals surface area (Å²) >= 11 is 0. The van der Waals surface area contributed by atoms with Crippen LogP contribution in [0.5, 0.6) is 0 Å². The molecule has 1 aliphatic heterocycles. The highest BCUT2D eigenvalue weighted by Crippen LogP contribution is 2.45. The van der Waals surface area contributed by atoms with Crippen LogP contribution in [-0.4, -0.2) is 45.9 Å². The maximum Gasteiger partial charge on any atom is 0.0928 e. The van der Waals surface area contributed by atoms with Crippen molar-refractivity contribution in [3.63, 3.8) is 0 Å². The van der Waals surface area contributed by atoms with E-state index in [-0.39, 0.29) is 0 Å². The lowest BCUT2D eigenvalue weighted by Gasteiger charge is -2.50. The molecule has 0 spiro atoms. The van der Waals surface area contributed by atoms with Gasteiger partial charge in [-0.3, -0.25) is 4.90 Å². The number of hydrogen-bond donors (Lipinski definition) is 2. The molecule has 3 rings (SSSR count). The van der Waals surface area contributed by atoms with E-state index in [9.17, 15) is 10.2 Å². The SMILES string of the molecule is OC1(CN2CC(O)(C3CC3)C2)CCCCC1. The standard InChI is InChI=1S/C13H23NO2/c15-12(6-2-1-3-7-12)8-14-9-13(16,10-14)11-4-5-11/h11,15-16H,1-10H2. The molecule has 92 valence electrons. The summed E-state index contributed by atoms with van der Waals surface area (Å²) in [6, 6.07) is 0. The van der Waals surface area contributed by atoms with Crippen LogP contribution in [0, 0.1) is 5.92 Å². The van der Waals surface area contributed by atoms with Crippen molar-refractivity contribution >= 4 is 0 Å². The van der Waals surface area contributed by atoms with Crippen LogP contribution in [0.25, 0.3) is 0 Å². The summed E-state index contributed by atoms with van der Waals surface area (Å²) in [4.78, 5) is 2.24. The lowest BCUT2D eigenvalue weighted by atomic mass is 9.81. The van der Waals surface area contributed by atoms with Gasteiger partial charge in [-0.25, -0.2) is 0 Å². The number of hydrogen-bond acceptors (Lipinski definition) is 3. The van der Waals surface area contributed by atoms with Crippen molar-refractivity contribution in [2.75, 3.05) is 19.6 Å². The fraction of sp³-hybridized carbons (Fsp3) is 1.00. The summed E-state index contributed by atoms with van der Waals surface area (Å²) in [5.74, 6) is 0.560. The molecule has 0 radical (unpaired) electrons. The number of β-amino-alcohol motifs (C(OH)–C–C–N with tert-alkyl or cyclic N) is 2. The first-order chi connectivity index (χ1) is 7.60. The van der Waals surface area contributed by atoms with E-state index in [0.29, 0.717) is 5.92 Å². The average Bonchev–Trinajstić information content (AvgIpc) is 2.99. The predicted molar refractivity (Wildman–Crippen MR) is 62.1 cm³/mol. The quantitative estimate of drug-likeness (QED) is 0.757. The Morgan fingerprint density at radius 3 is 2.19 bits per heavy atom. The zero-order chi connectivity index (χ0) is 11.2. The molecule has 3 nitrogen and oxygen atoms in total. The van der Waals surface area contributed by atoms with Crippen molar-refractivity contribution in [3.8, 4) is 0 Å². The van der Waals surface area contributed by atoms with Gasteiger partial charge < -0.3 is 10.2 Å². The smallest absolute Gasteiger partial charge is 0.0928 e. The molecule has 2 aliphatic carbocycles. The minimum absolute atomic E-state index is 0.398. The second kappa shape index (κ2) is 3.69. The van der Waals surface area contributed by atoms with Gasteiger partial charge in [0.15, 0.2) is 0 Å². The van der Waals surface area contributed by atoms with Crippen molar-refractivity contribution in [2.24, 2.45) is 5.92 Å². The van der Waals surface area contributed by atoms with E-state index in [2.05, 4.69) is 4.90 Å². The first kappa shape index (κ1) is 11.0. The minimum Gasteiger partial charge on any atom is -0.389 e. The Kier molecular flexibility index (Phi) is 2.54. The summed E-state index contributed by atoms with van der Waals surface area (Å²) in [5, 5.41) is 20.6. The fourth-order valence-corrected chi connectivity index (χ4v) is 3.50. The third kappa shape index (κ3) is 2.01. The van der Waals surface area contributed by atoms with E-state index in [1.54, 1.807) is 0 Å². The molecule has 2 N–H and O–H groups in total. The van der Waals surface area contributed by atoms with Gasteiger partial charge in [0, 0.05) is 19.6 Å². The predicted octanol–water partition coefficient (Wildman–Crippen LogP) is 1.14. The highest BCUT2D eigenvalue weighted by molar-refractivity contribution is 5.06. The lowest BCUT2D eigenvalue weighted by Crippen LogP contribution is -2.65. The summed E-state index contributed by atoms with van der Waals surface area (Å²) in [7, 11) is 0. The highest BCUT2D eigenvalue weighted by atomic mass is 16.3. The monoisotopic (exact) mass is 225 g/mol. The Morgan fingerprint density at radius 2 is 1.62 bits per heavy atom. The van der Waals surface area contributed by atoms with Gasteiger partial charge in [0.1, 0.15) is 0 Å². The molecule has 0 aromatic rings. The van der Waals surface area contributed by atoms with Crippen LogP contribution in [0.1, 0.15) is 44.9 Å². The van der Waals surface area contributed by atoms with Gasteiger partial charge >= 0.3 is 0 Å². The van der Waals surface area contributed by atoms with Crippen LogP contribution in [0.15, 0.2) is 0 Å². The average molecular weight is 225 g/mol. The van der Waals surface area contributed by atoms with Crippen molar-refractivity contribution in [2.45, 2.75) is 56.1 Å². The molecular weight excluding hydrogens is 202 g/mol. The van der Waals surface area contributed by atoms with Crippen LogP contribution < -0.4 is 0 Å². The Morgan fingerprint density at radius 1 is 1.00 bits per heavy atom. The van der Waals surface area contributed by atoms with E-state index in [4.69, 9.17) is 0 Å². The third-order valence-electron chi connectivity index (χ3n) is 4.63. The Hall–Kier alpha value is -0.120. The molecular formula is C13H23NO2. The van der Waals surface area contributed by atoms with E-state index < -0.39 is 11.2 Å². The first-order valence-electron chi connectivity index (χ1n) is 6.77. The van der Waals surface area contributed by atoms with Crippen molar-refractivity contribution < 1.29 is 10.2 Å². The van der Waals surface area contributed by atoms with Gasteiger partial charge in [0.2, 0.25) is 0 Å². The zero-order valence-corrected chi connectivity index (χ0v) is 9.99. The van der Waals surface area contributed by atoms with Gasteiger partial charge in [0.05, 0.1) is 11.2 Å². The summed E-state index contributed by atoms with van der Waals surface area (Å²) in [6.45, 7) is 2.36. The minimum atomic E-state index is -0.455. The zero-order valence-electron chi connectivity index (χ0n) is 9.99. The summed E-state index contributed by atoms with van der Waals surface area (Å²) in [5.41, 5.74) is -0.853. The van der Waals surface area contributed by atoms with E-state index in [0.717, 1.165) is 45.3 Å². The molecule has 2 saturated carbocycles. The van der Waals surface area contributed by atoms with Crippen LogP contribution in [-0.2, 0) is 0 Å². The molecule has 0 atom stereocenters. The van der Waals surface area contributed by atoms with Crippen molar-refractivity contribution in [1.29, 1.82) is 0 Å². The lowest BCUT2D eigenvalue weighted by molar-refractivity contribution is -0.141. The van der Waals surface area contributed by atoms with Crippen molar-refractivity contribution in [1.82, 2.24) is 4.90 Å².